The van der Waals surface area contributed by atoms with Crippen LogP contribution in [0.4, 0.5) is 5.69 Å². The van der Waals surface area contributed by atoms with Crippen LogP contribution in [0.2, 0.25) is 0 Å². The van der Waals surface area contributed by atoms with Crippen molar-refractivity contribution in [1.82, 2.24) is 0 Å². The summed E-state index contributed by atoms with van der Waals surface area (Å²) in [4.78, 5) is 9.91. The zero-order valence-electron chi connectivity index (χ0n) is 9.71. The van der Waals surface area contributed by atoms with Gasteiger partial charge in [-0.2, -0.15) is 0 Å². The molecular weight excluding hydrogens is 258 g/mol. The third-order valence-corrected chi connectivity index (χ3v) is 3.08. The Morgan fingerprint density at radius 1 is 1.26 bits per heavy atom. The number of aliphatic hydroxyl groups is 4. The lowest BCUT2D eigenvalue weighted by Crippen LogP contribution is -2.58. The van der Waals surface area contributed by atoms with Crippen LogP contribution >= 0.6 is 0 Å². The molecule has 1 aromatic rings. The summed E-state index contributed by atoms with van der Waals surface area (Å²) in [6.45, 7) is -0.369. The number of non-ortho nitro benzene ring substituents is 1. The van der Waals surface area contributed by atoms with Gasteiger partial charge in [-0.05, 0) is 12.1 Å². The summed E-state index contributed by atoms with van der Waals surface area (Å²) in [7, 11) is 0. The third-order valence-electron chi connectivity index (χ3n) is 3.08. The maximum atomic E-state index is 10.5. The number of benzene rings is 1. The Labute approximate surface area is 107 Å². The third kappa shape index (κ3) is 2.31. The summed E-state index contributed by atoms with van der Waals surface area (Å²) in [5, 5.41) is 49.4. The van der Waals surface area contributed by atoms with Gasteiger partial charge in [-0.25, -0.2) is 0 Å². The number of rotatable bonds is 2. The highest BCUT2D eigenvalue weighted by molar-refractivity contribution is 5.35. The lowest BCUT2D eigenvalue weighted by atomic mass is 9.91. The van der Waals surface area contributed by atoms with Gasteiger partial charge in [-0.3, -0.25) is 10.1 Å². The van der Waals surface area contributed by atoms with E-state index in [2.05, 4.69) is 0 Å². The van der Waals surface area contributed by atoms with Gasteiger partial charge >= 0.3 is 0 Å². The molecule has 0 radical (unpaired) electrons. The van der Waals surface area contributed by atoms with E-state index in [1.165, 1.54) is 12.1 Å². The Balaban J connectivity index is 2.31. The highest BCUT2D eigenvalue weighted by atomic mass is 16.6. The zero-order valence-corrected chi connectivity index (χ0v) is 9.71. The second-order valence-electron chi connectivity index (χ2n) is 4.31. The molecule has 0 aromatic heterocycles. The first-order valence-electron chi connectivity index (χ1n) is 5.51. The Kier molecular flexibility index (Phi) is 3.52. The van der Waals surface area contributed by atoms with Crippen molar-refractivity contribution >= 4 is 5.69 Å². The molecule has 0 saturated carbocycles. The maximum Gasteiger partial charge on any atom is 0.269 e. The predicted molar refractivity (Wildman–Crippen MR) is 61.0 cm³/mol. The van der Waals surface area contributed by atoms with Gasteiger partial charge in [0.25, 0.3) is 5.69 Å². The Morgan fingerprint density at radius 2 is 1.84 bits per heavy atom. The first-order valence-corrected chi connectivity index (χ1v) is 5.51. The SMILES string of the molecule is O=[N+]([O-])c1ccc([C@]2(O)OC[C@H](O)[C@H](O)[C@H]2O)cc1. The summed E-state index contributed by atoms with van der Waals surface area (Å²) in [6, 6.07) is 4.71. The van der Waals surface area contributed by atoms with Crippen LogP contribution in [0.25, 0.3) is 0 Å². The molecule has 4 atom stereocenters. The molecule has 1 saturated heterocycles. The number of hydrogen-bond acceptors (Lipinski definition) is 7. The molecule has 0 aliphatic carbocycles. The summed E-state index contributed by atoms with van der Waals surface area (Å²) in [5.41, 5.74) is -0.130. The van der Waals surface area contributed by atoms with Crippen molar-refractivity contribution in [3.8, 4) is 0 Å². The number of nitro groups is 1. The summed E-state index contributed by atoms with van der Waals surface area (Å²) >= 11 is 0. The van der Waals surface area contributed by atoms with E-state index in [1.54, 1.807) is 0 Å². The number of nitrogens with zero attached hydrogens (tertiary/aromatic N) is 1. The van der Waals surface area contributed by atoms with Crippen LogP contribution in [0.5, 0.6) is 0 Å². The van der Waals surface area contributed by atoms with E-state index < -0.39 is 29.0 Å². The fourth-order valence-corrected chi connectivity index (χ4v) is 1.91. The van der Waals surface area contributed by atoms with Gasteiger partial charge in [-0.15, -0.1) is 0 Å². The number of nitro benzene ring substituents is 1. The van der Waals surface area contributed by atoms with Crippen molar-refractivity contribution in [3.63, 3.8) is 0 Å². The largest absolute Gasteiger partial charge is 0.388 e. The van der Waals surface area contributed by atoms with Crippen LogP contribution in [0.15, 0.2) is 24.3 Å². The molecule has 2 rings (SSSR count). The van der Waals surface area contributed by atoms with Gasteiger partial charge < -0.3 is 25.2 Å². The van der Waals surface area contributed by atoms with Crippen molar-refractivity contribution in [2.24, 2.45) is 0 Å². The van der Waals surface area contributed by atoms with Gasteiger partial charge in [0.2, 0.25) is 5.79 Å². The van der Waals surface area contributed by atoms with Gasteiger partial charge in [0.05, 0.1) is 11.5 Å². The molecule has 1 aliphatic rings. The Bertz CT molecular complexity index is 476. The van der Waals surface area contributed by atoms with E-state index in [9.17, 15) is 30.5 Å². The topological polar surface area (TPSA) is 133 Å². The van der Waals surface area contributed by atoms with Crippen molar-refractivity contribution in [3.05, 3.63) is 39.9 Å². The molecule has 104 valence electrons. The molecule has 1 heterocycles. The molecule has 1 fully saturated rings. The zero-order chi connectivity index (χ0) is 14.2. The molecule has 0 unspecified atom stereocenters. The van der Waals surface area contributed by atoms with Crippen LogP contribution in [0, 0.1) is 10.1 Å². The second-order valence-corrected chi connectivity index (χ2v) is 4.31. The van der Waals surface area contributed by atoms with Gasteiger partial charge in [0.15, 0.2) is 0 Å². The average molecular weight is 271 g/mol. The van der Waals surface area contributed by atoms with E-state index in [0.717, 1.165) is 12.1 Å². The van der Waals surface area contributed by atoms with E-state index in [1.807, 2.05) is 0 Å². The predicted octanol–water partition coefficient (Wildman–Crippen LogP) is -1.15. The summed E-state index contributed by atoms with van der Waals surface area (Å²) < 4.78 is 4.97. The quantitative estimate of drug-likeness (QED) is 0.394. The summed E-state index contributed by atoms with van der Waals surface area (Å²) in [6.07, 6.45) is -4.65. The Morgan fingerprint density at radius 3 is 2.37 bits per heavy atom. The lowest BCUT2D eigenvalue weighted by Gasteiger charge is -2.41. The molecule has 0 amide bonds. The molecule has 0 bridgehead atoms. The molecule has 1 aliphatic heterocycles. The van der Waals surface area contributed by atoms with Crippen LogP contribution < -0.4 is 0 Å². The highest BCUT2D eigenvalue weighted by Gasteiger charge is 2.49. The molecule has 8 nitrogen and oxygen atoms in total. The van der Waals surface area contributed by atoms with E-state index in [-0.39, 0.29) is 17.9 Å². The number of hydrogen-bond donors (Lipinski definition) is 4. The van der Waals surface area contributed by atoms with Crippen molar-refractivity contribution in [2.45, 2.75) is 24.1 Å². The van der Waals surface area contributed by atoms with Crippen molar-refractivity contribution in [1.29, 1.82) is 0 Å². The summed E-state index contributed by atoms with van der Waals surface area (Å²) in [5.74, 6) is -2.21. The lowest BCUT2D eigenvalue weighted by molar-refractivity contribution is -0.385. The second kappa shape index (κ2) is 4.83. The van der Waals surface area contributed by atoms with Crippen LogP contribution in [0.3, 0.4) is 0 Å². The van der Waals surface area contributed by atoms with Gasteiger partial charge in [0, 0.05) is 17.7 Å². The highest BCUT2D eigenvalue weighted by Crippen LogP contribution is 2.34. The van der Waals surface area contributed by atoms with Crippen molar-refractivity contribution in [2.75, 3.05) is 6.61 Å². The first-order chi connectivity index (χ1) is 8.86. The van der Waals surface area contributed by atoms with Crippen molar-refractivity contribution < 1.29 is 30.1 Å². The maximum absolute atomic E-state index is 10.5. The van der Waals surface area contributed by atoms with E-state index in [0.29, 0.717) is 0 Å². The molecule has 4 N–H and O–H groups in total. The van der Waals surface area contributed by atoms with Crippen LogP contribution in [-0.2, 0) is 10.5 Å². The van der Waals surface area contributed by atoms with E-state index in [4.69, 9.17) is 4.74 Å². The molecule has 1 aromatic carbocycles. The minimum Gasteiger partial charge on any atom is -0.388 e. The molecule has 0 spiro atoms. The Hall–Kier alpha value is -1.58. The minimum absolute atomic E-state index is 0.0524. The van der Waals surface area contributed by atoms with Gasteiger partial charge in [-0.1, -0.05) is 0 Å². The van der Waals surface area contributed by atoms with Crippen LogP contribution in [-0.4, -0.2) is 50.3 Å². The first kappa shape index (κ1) is 13.8. The van der Waals surface area contributed by atoms with Crippen LogP contribution in [0.1, 0.15) is 5.56 Å². The standard InChI is InChI=1S/C11H13NO7/c13-8-5-19-11(16,10(15)9(8)14)6-1-3-7(4-2-6)12(17)18/h1-4,8-10,13-16H,5H2/t8-,9-,10+,11-/m0/s1. The normalized spacial score (nSPS) is 35.1. The average Bonchev–Trinajstić information content (AvgIpc) is 2.41. The molecular formula is C11H13NO7. The smallest absolute Gasteiger partial charge is 0.269 e. The molecule has 19 heavy (non-hydrogen) atoms. The van der Waals surface area contributed by atoms with Gasteiger partial charge in [0.1, 0.15) is 18.3 Å². The monoisotopic (exact) mass is 271 g/mol. The molecule has 8 heteroatoms. The number of ether oxygens (including phenoxy) is 1. The fraction of sp³-hybridized carbons (Fsp3) is 0.455. The van der Waals surface area contributed by atoms with E-state index >= 15 is 0 Å². The number of aliphatic hydroxyl groups excluding tert-OH is 3. The fourth-order valence-electron chi connectivity index (χ4n) is 1.91. The minimum atomic E-state index is -2.21.